The first-order chi connectivity index (χ1) is 9.43. The highest BCUT2D eigenvalue weighted by atomic mass is 16.5. The van der Waals surface area contributed by atoms with Crippen LogP contribution in [0.5, 0.6) is 11.5 Å². The van der Waals surface area contributed by atoms with Crippen LogP contribution in [0, 0.1) is 11.8 Å². The Kier molecular flexibility index (Phi) is 6.03. The molecule has 5 heteroatoms. The first kappa shape index (κ1) is 16.0. The number of ether oxygens (including phenoxy) is 1. The van der Waals surface area contributed by atoms with Crippen LogP contribution in [-0.4, -0.2) is 23.5 Å². The molecule has 0 saturated heterocycles. The van der Waals surface area contributed by atoms with Crippen LogP contribution in [0.2, 0.25) is 0 Å². The minimum absolute atomic E-state index is 0.0138. The molecule has 2 aliphatic rings. The molecule has 1 aromatic carbocycles. The smallest absolute Gasteiger partial charge is 0.307 e. The van der Waals surface area contributed by atoms with Gasteiger partial charge in [0.15, 0.2) is 0 Å². The van der Waals surface area contributed by atoms with Gasteiger partial charge < -0.3 is 15.2 Å². The molecule has 0 fully saturated rings. The van der Waals surface area contributed by atoms with E-state index in [1.165, 1.54) is 0 Å². The lowest BCUT2D eigenvalue weighted by atomic mass is 9.92. The molecule has 5 nitrogen and oxygen atoms in total. The molecule has 0 radical (unpaired) electrons. The molecule has 110 valence electrons. The van der Waals surface area contributed by atoms with E-state index in [2.05, 4.69) is 5.32 Å². The van der Waals surface area contributed by atoms with Gasteiger partial charge in [0.05, 0.1) is 5.92 Å². The highest BCUT2D eigenvalue weighted by Crippen LogP contribution is 2.32. The zero-order chi connectivity index (χ0) is 15.1. The third-order valence-electron chi connectivity index (χ3n) is 2.94. The van der Waals surface area contributed by atoms with Crippen molar-refractivity contribution in [1.82, 2.24) is 5.32 Å². The molecule has 1 aromatic rings. The molecule has 2 heterocycles. The van der Waals surface area contributed by atoms with E-state index < -0.39 is 11.9 Å². The third-order valence-corrected chi connectivity index (χ3v) is 2.94. The van der Waals surface area contributed by atoms with Crippen molar-refractivity contribution in [3.8, 4) is 11.5 Å². The fourth-order valence-electron chi connectivity index (χ4n) is 1.76. The first-order valence-corrected chi connectivity index (χ1v) is 6.71. The molecular formula is C15H21NO4. The molecule has 1 atom stereocenters. The standard InChI is InChI=1S/C9H17NO3.C6H4O/c1-4-10-8(11)5-7(6(2)3)9(12)13;1-2-5-4-6(3-1)7-5/h6-7H,4-5H2,1-3H3,(H,10,11)(H,12,13);1-4H. The molecule has 3 rings (SSSR count). The second-order valence-electron chi connectivity index (χ2n) is 4.92. The van der Waals surface area contributed by atoms with E-state index in [4.69, 9.17) is 9.84 Å². The van der Waals surface area contributed by atoms with Crippen LogP contribution in [0.3, 0.4) is 0 Å². The monoisotopic (exact) mass is 279 g/mol. The number of fused-ring (bicyclic) bond motifs is 2. The van der Waals surface area contributed by atoms with Gasteiger partial charge in [0, 0.05) is 19.0 Å². The Morgan fingerprint density at radius 3 is 2.10 bits per heavy atom. The Hall–Kier alpha value is -2.04. The van der Waals surface area contributed by atoms with Gasteiger partial charge in [-0.05, 0) is 25.0 Å². The van der Waals surface area contributed by atoms with Gasteiger partial charge in [-0.25, -0.2) is 0 Å². The number of nitrogens with one attached hydrogen (secondary N) is 1. The summed E-state index contributed by atoms with van der Waals surface area (Å²) in [7, 11) is 0. The van der Waals surface area contributed by atoms with E-state index in [1.54, 1.807) is 13.8 Å². The van der Waals surface area contributed by atoms with Crippen LogP contribution in [0.4, 0.5) is 0 Å². The summed E-state index contributed by atoms with van der Waals surface area (Å²) < 4.78 is 5.01. The maximum absolute atomic E-state index is 11.1. The van der Waals surface area contributed by atoms with E-state index in [0.717, 1.165) is 11.5 Å². The summed E-state index contributed by atoms with van der Waals surface area (Å²) in [6, 6.07) is 7.86. The minimum Gasteiger partial charge on any atom is -0.481 e. The van der Waals surface area contributed by atoms with Crippen LogP contribution >= 0.6 is 0 Å². The number of carbonyl (C=O) groups excluding carboxylic acids is 1. The summed E-state index contributed by atoms with van der Waals surface area (Å²) in [5, 5.41) is 11.4. The normalized spacial score (nSPS) is 12.4. The third kappa shape index (κ3) is 4.91. The molecule has 0 saturated carbocycles. The Bertz CT molecular complexity index is 446. The average Bonchev–Trinajstić information content (AvgIpc) is 2.36. The Labute approximate surface area is 118 Å². The summed E-state index contributed by atoms with van der Waals surface area (Å²) in [6.07, 6.45) is 0.0703. The maximum Gasteiger partial charge on any atom is 0.307 e. The summed E-state index contributed by atoms with van der Waals surface area (Å²) in [4.78, 5) is 21.8. The van der Waals surface area contributed by atoms with Crippen LogP contribution in [0.25, 0.3) is 0 Å². The predicted molar refractivity (Wildman–Crippen MR) is 75.8 cm³/mol. The molecule has 1 amide bonds. The van der Waals surface area contributed by atoms with Crippen molar-refractivity contribution >= 4 is 11.9 Å². The zero-order valence-electron chi connectivity index (χ0n) is 12.1. The highest BCUT2D eigenvalue weighted by molar-refractivity contribution is 5.82. The van der Waals surface area contributed by atoms with Crippen molar-refractivity contribution in [2.45, 2.75) is 27.2 Å². The fourth-order valence-corrected chi connectivity index (χ4v) is 1.76. The van der Waals surface area contributed by atoms with E-state index >= 15 is 0 Å². The minimum atomic E-state index is -0.902. The zero-order valence-corrected chi connectivity index (χ0v) is 12.1. The van der Waals surface area contributed by atoms with Crippen LogP contribution in [-0.2, 0) is 9.59 Å². The lowest BCUT2D eigenvalue weighted by Gasteiger charge is -2.14. The average molecular weight is 279 g/mol. The number of hydrogen-bond donors (Lipinski definition) is 2. The Morgan fingerprint density at radius 1 is 1.30 bits per heavy atom. The summed E-state index contributed by atoms with van der Waals surface area (Å²) >= 11 is 0. The van der Waals surface area contributed by atoms with Gasteiger partial charge in [-0.2, -0.15) is 0 Å². The van der Waals surface area contributed by atoms with Crippen molar-refractivity contribution in [2.24, 2.45) is 11.8 Å². The van der Waals surface area contributed by atoms with Gasteiger partial charge >= 0.3 is 5.97 Å². The van der Waals surface area contributed by atoms with Gasteiger partial charge in [-0.15, -0.1) is 0 Å². The van der Waals surface area contributed by atoms with Crippen molar-refractivity contribution in [2.75, 3.05) is 6.54 Å². The lowest BCUT2D eigenvalue weighted by molar-refractivity contribution is -0.145. The molecular weight excluding hydrogens is 258 g/mol. The summed E-state index contributed by atoms with van der Waals surface area (Å²) in [5.41, 5.74) is 0. The number of hydrogen-bond acceptors (Lipinski definition) is 3. The number of amides is 1. The van der Waals surface area contributed by atoms with Gasteiger partial charge in [-0.1, -0.05) is 19.9 Å². The van der Waals surface area contributed by atoms with E-state index in [9.17, 15) is 9.59 Å². The lowest BCUT2D eigenvalue weighted by Crippen LogP contribution is -2.30. The van der Waals surface area contributed by atoms with Crippen molar-refractivity contribution in [1.29, 1.82) is 0 Å². The number of benzene rings is 1. The number of carboxylic acid groups (broad SMARTS) is 1. The highest BCUT2D eigenvalue weighted by Gasteiger charge is 2.23. The molecule has 20 heavy (non-hydrogen) atoms. The van der Waals surface area contributed by atoms with E-state index in [-0.39, 0.29) is 18.2 Å². The predicted octanol–water partition coefficient (Wildman–Crippen LogP) is 2.66. The number of aliphatic carboxylic acids is 1. The number of carboxylic acids is 1. The van der Waals surface area contributed by atoms with E-state index in [0.29, 0.717) is 6.54 Å². The quantitative estimate of drug-likeness (QED) is 0.882. The molecule has 0 aromatic heterocycles. The molecule has 2 bridgehead atoms. The molecule has 2 N–H and O–H groups in total. The van der Waals surface area contributed by atoms with E-state index in [1.807, 2.05) is 31.2 Å². The summed E-state index contributed by atoms with van der Waals surface area (Å²) in [5.74, 6) is 0.284. The largest absolute Gasteiger partial charge is 0.481 e. The SMILES string of the molecule is CCNC(=O)CC(C(=O)O)C(C)C.c1cc2cc(c1)O2. The van der Waals surface area contributed by atoms with Gasteiger partial charge in [0.2, 0.25) is 5.91 Å². The van der Waals surface area contributed by atoms with Gasteiger partial charge in [0.1, 0.15) is 11.5 Å². The Balaban J connectivity index is 0.000000233. The molecule has 0 spiro atoms. The summed E-state index contributed by atoms with van der Waals surface area (Å²) in [6.45, 7) is 5.96. The first-order valence-electron chi connectivity index (χ1n) is 6.71. The number of rotatable bonds is 5. The maximum atomic E-state index is 11.1. The molecule has 1 unspecified atom stereocenters. The van der Waals surface area contributed by atoms with Gasteiger partial charge in [-0.3, -0.25) is 9.59 Å². The van der Waals surface area contributed by atoms with Crippen molar-refractivity contribution < 1.29 is 19.4 Å². The topological polar surface area (TPSA) is 75.6 Å². The Morgan fingerprint density at radius 2 is 1.85 bits per heavy atom. The molecule has 0 aliphatic carbocycles. The second-order valence-corrected chi connectivity index (χ2v) is 4.92. The van der Waals surface area contributed by atoms with Crippen molar-refractivity contribution in [3.05, 3.63) is 24.3 Å². The second kappa shape index (κ2) is 7.53. The van der Waals surface area contributed by atoms with Gasteiger partial charge in [0.25, 0.3) is 0 Å². The van der Waals surface area contributed by atoms with Crippen LogP contribution in [0.15, 0.2) is 24.3 Å². The van der Waals surface area contributed by atoms with Crippen molar-refractivity contribution in [3.63, 3.8) is 0 Å². The van der Waals surface area contributed by atoms with Crippen LogP contribution in [0.1, 0.15) is 27.2 Å². The fraction of sp³-hybridized carbons (Fsp3) is 0.467. The molecule has 2 aliphatic heterocycles. The van der Waals surface area contributed by atoms with Crippen LogP contribution < -0.4 is 10.1 Å². The number of carbonyl (C=O) groups is 2.